The molecule has 2 N–H and O–H groups in total. The SMILES string of the molecule is CN(CCCCCN)c1ncccc1C(F)(F)F. The molecule has 0 saturated carbocycles. The van der Waals surface area contributed by atoms with Gasteiger partial charge in [0, 0.05) is 19.8 Å². The maximum atomic E-state index is 12.8. The minimum absolute atomic E-state index is 0.0160. The molecule has 0 amide bonds. The number of hydrogen-bond donors (Lipinski definition) is 1. The summed E-state index contributed by atoms with van der Waals surface area (Å²) in [4.78, 5) is 5.37. The lowest BCUT2D eigenvalue weighted by molar-refractivity contribution is -0.137. The van der Waals surface area contributed by atoms with Crippen LogP contribution in [0.3, 0.4) is 0 Å². The standard InChI is InChI=1S/C12H18F3N3/c1-18(9-4-2-3-7-16)11-10(12(13,14)15)6-5-8-17-11/h5-6,8H,2-4,7,9,16H2,1H3. The minimum atomic E-state index is -4.37. The molecule has 1 rings (SSSR count). The first kappa shape index (κ1) is 14.8. The first-order valence-electron chi connectivity index (χ1n) is 5.90. The zero-order chi connectivity index (χ0) is 13.6. The number of rotatable bonds is 6. The second kappa shape index (κ2) is 6.58. The number of nitrogens with zero attached hydrogens (tertiary/aromatic N) is 2. The van der Waals surface area contributed by atoms with Crippen molar-refractivity contribution in [2.75, 3.05) is 25.0 Å². The number of alkyl halides is 3. The monoisotopic (exact) mass is 261 g/mol. The molecule has 18 heavy (non-hydrogen) atoms. The van der Waals surface area contributed by atoms with Gasteiger partial charge in [0.25, 0.3) is 0 Å². The van der Waals surface area contributed by atoms with Crippen molar-refractivity contribution in [1.82, 2.24) is 4.98 Å². The second-order valence-electron chi connectivity index (χ2n) is 4.14. The third-order valence-corrected chi connectivity index (χ3v) is 2.65. The summed E-state index contributed by atoms with van der Waals surface area (Å²) in [6.07, 6.45) is -0.380. The van der Waals surface area contributed by atoms with E-state index >= 15 is 0 Å². The fourth-order valence-electron chi connectivity index (χ4n) is 1.70. The number of pyridine rings is 1. The lowest BCUT2D eigenvalue weighted by atomic mass is 10.2. The maximum Gasteiger partial charge on any atom is 0.419 e. The van der Waals surface area contributed by atoms with Crippen molar-refractivity contribution >= 4 is 5.82 Å². The second-order valence-corrected chi connectivity index (χ2v) is 4.14. The van der Waals surface area contributed by atoms with Gasteiger partial charge in [-0.05, 0) is 31.5 Å². The van der Waals surface area contributed by atoms with Crippen LogP contribution in [0.1, 0.15) is 24.8 Å². The lowest BCUT2D eigenvalue weighted by Crippen LogP contribution is -2.23. The molecule has 1 aromatic rings. The van der Waals surface area contributed by atoms with E-state index in [4.69, 9.17) is 5.73 Å². The Bertz CT molecular complexity index is 366. The molecule has 0 unspecified atom stereocenters. The molecule has 1 heterocycles. The van der Waals surface area contributed by atoms with Gasteiger partial charge in [0.15, 0.2) is 0 Å². The molecular weight excluding hydrogens is 243 g/mol. The van der Waals surface area contributed by atoms with Crippen LogP contribution in [-0.2, 0) is 6.18 Å². The highest BCUT2D eigenvalue weighted by atomic mass is 19.4. The fourth-order valence-corrected chi connectivity index (χ4v) is 1.70. The molecule has 0 fully saturated rings. The first-order chi connectivity index (χ1) is 8.46. The van der Waals surface area contributed by atoms with Crippen molar-refractivity contribution in [2.45, 2.75) is 25.4 Å². The van der Waals surface area contributed by atoms with E-state index in [2.05, 4.69) is 4.98 Å². The van der Waals surface area contributed by atoms with Crippen molar-refractivity contribution in [3.8, 4) is 0 Å². The van der Waals surface area contributed by atoms with Gasteiger partial charge in [-0.3, -0.25) is 0 Å². The van der Waals surface area contributed by atoms with E-state index in [1.54, 1.807) is 11.9 Å². The molecule has 0 radical (unpaired) electrons. The van der Waals surface area contributed by atoms with E-state index in [0.29, 0.717) is 13.1 Å². The van der Waals surface area contributed by atoms with Crippen molar-refractivity contribution in [3.05, 3.63) is 23.9 Å². The van der Waals surface area contributed by atoms with E-state index in [0.717, 1.165) is 25.3 Å². The van der Waals surface area contributed by atoms with E-state index < -0.39 is 11.7 Å². The Morgan fingerprint density at radius 1 is 1.28 bits per heavy atom. The van der Waals surface area contributed by atoms with Crippen molar-refractivity contribution < 1.29 is 13.2 Å². The predicted molar refractivity (Wildman–Crippen MR) is 65.4 cm³/mol. The fraction of sp³-hybridized carbons (Fsp3) is 0.583. The Morgan fingerprint density at radius 3 is 2.61 bits per heavy atom. The highest BCUT2D eigenvalue weighted by Gasteiger charge is 2.34. The molecule has 0 aliphatic heterocycles. The summed E-state index contributed by atoms with van der Waals surface area (Å²) in [6, 6.07) is 2.35. The van der Waals surface area contributed by atoms with Crippen molar-refractivity contribution in [2.24, 2.45) is 5.73 Å². The third kappa shape index (κ3) is 4.18. The van der Waals surface area contributed by atoms with Crippen LogP contribution in [0, 0.1) is 0 Å². The van der Waals surface area contributed by atoms with Gasteiger partial charge in [0.1, 0.15) is 5.82 Å². The number of halogens is 3. The average Bonchev–Trinajstić information content (AvgIpc) is 2.33. The van der Waals surface area contributed by atoms with E-state index in [1.165, 1.54) is 12.3 Å². The van der Waals surface area contributed by atoms with Gasteiger partial charge in [-0.1, -0.05) is 6.42 Å². The molecule has 0 aliphatic rings. The van der Waals surface area contributed by atoms with Crippen LogP contribution in [0.4, 0.5) is 19.0 Å². The smallest absolute Gasteiger partial charge is 0.359 e. The quantitative estimate of drug-likeness (QED) is 0.800. The highest BCUT2D eigenvalue weighted by molar-refractivity contribution is 5.47. The molecule has 0 aliphatic carbocycles. The topological polar surface area (TPSA) is 42.1 Å². The van der Waals surface area contributed by atoms with Gasteiger partial charge in [-0.25, -0.2) is 4.98 Å². The molecule has 1 aromatic heterocycles. The van der Waals surface area contributed by atoms with Gasteiger partial charge in [-0.15, -0.1) is 0 Å². The van der Waals surface area contributed by atoms with Crippen LogP contribution in [0.15, 0.2) is 18.3 Å². The van der Waals surface area contributed by atoms with Crippen LogP contribution in [-0.4, -0.2) is 25.1 Å². The summed E-state index contributed by atoms with van der Waals surface area (Å²) in [5, 5.41) is 0. The number of nitrogens with two attached hydrogens (primary N) is 1. The minimum Gasteiger partial charge on any atom is -0.359 e. The Hall–Kier alpha value is -1.30. The summed E-state index contributed by atoms with van der Waals surface area (Å²) in [5.41, 5.74) is 4.67. The van der Waals surface area contributed by atoms with Crippen LogP contribution in [0.2, 0.25) is 0 Å². The zero-order valence-corrected chi connectivity index (χ0v) is 10.4. The summed E-state index contributed by atoms with van der Waals surface area (Å²) in [5.74, 6) is -0.0160. The molecule has 0 aromatic carbocycles. The highest BCUT2D eigenvalue weighted by Crippen LogP contribution is 2.34. The van der Waals surface area contributed by atoms with Gasteiger partial charge < -0.3 is 10.6 Å². The van der Waals surface area contributed by atoms with Gasteiger partial charge in [0.05, 0.1) is 5.56 Å². The van der Waals surface area contributed by atoms with Crippen molar-refractivity contribution in [1.29, 1.82) is 0 Å². The predicted octanol–water partition coefficient (Wildman–Crippen LogP) is 2.67. The van der Waals surface area contributed by atoms with E-state index in [9.17, 15) is 13.2 Å². The van der Waals surface area contributed by atoms with Gasteiger partial charge in [-0.2, -0.15) is 13.2 Å². The summed E-state index contributed by atoms with van der Waals surface area (Å²) < 4.78 is 38.3. The summed E-state index contributed by atoms with van der Waals surface area (Å²) in [6.45, 7) is 1.15. The average molecular weight is 261 g/mol. The van der Waals surface area contributed by atoms with Crippen LogP contribution in [0.5, 0.6) is 0 Å². The number of unbranched alkanes of at least 4 members (excludes halogenated alkanes) is 2. The first-order valence-corrected chi connectivity index (χ1v) is 5.90. The maximum absolute atomic E-state index is 12.8. The lowest BCUT2D eigenvalue weighted by Gasteiger charge is -2.21. The normalized spacial score (nSPS) is 11.6. The number of anilines is 1. The van der Waals surface area contributed by atoms with E-state index in [1.807, 2.05) is 0 Å². The van der Waals surface area contributed by atoms with Crippen molar-refractivity contribution in [3.63, 3.8) is 0 Å². The summed E-state index contributed by atoms with van der Waals surface area (Å²) in [7, 11) is 1.63. The molecule has 0 spiro atoms. The molecule has 6 heteroatoms. The zero-order valence-electron chi connectivity index (χ0n) is 10.4. The molecular formula is C12H18F3N3. The van der Waals surface area contributed by atoms with Gasteiger partial charge in [0.2, 0.25) is 0 Å². The van der Waals surface area contributed by atoms with Crippen LogP contribution in [0.25, 0.3) is 0 Å². The Kier molecular flexibility index (Phi) is 5.40. The Morgan fingerprint density at radius 2 is 2.00 bits per heavy atom. The third-order valence-electron chi connectivity index (χ3n) is 2.65. The van der Waals surface area contributed by atoms with Crippen LogP contribution >= 0.6 is 0 Å². The molecule has 0 bridgehead atoms. The molecule has 0 atom stereocenters. The number of aromatic nitrogens is 1. The number of hydrogen-bond acceptors (Lipinski definition) is 3. The Balaban J connectivity index is 2.70. The summed E-state index contributed by atoms with van der Waals surface area (Å²) >= 11 is 0. The Labute approximate surface area is 105 Å². The van der Waals surface area contributed by atoms with Crippen LogP contribution < -0.4 is 10.6 Å². The van der Waals surface area contributed by atoms with E-state index in [-0.39, 0.29) is 5.82 Å². The largest absolute Gasteiger partial charge is 0.419 e. The van der Waals surface area contributed by atoms with Gasteiger partial charge >= 0.3 is 6.18 Å². The molecule has 102 valence electrons. The molecule has 0 saturated heterocycles. The molecule has 3 nitrogen and oxygen atoms in total.